The van der Waals surface area contributed by atoms with Crippen molar-refractivity contribution in [3.63, 3.8) is 0 Å². The van der Waals surface area contributed by atoms with Crippen LogP contribution in [0.15, 0.2) is 48.9 Å². The number of rotatable bonds is 3. The Morgan fingerprint density at radius 1 is 1.16 bits per heavy atom. The second-order valence-corrected chi connectivity index (χ2v) is 4.35. The first-order valence-electron chi connectivity index (χ1n) is 6.12. The van der Waals surface area contributed by atoms with Crippen molar-refractivity contribution in [2.24, 2.45) is 0 Å². The molecule has 2 aromatic heterocycles. The summed E-state index contributed by atoms with van der Waals surface area (Å²) in [5.41, 5.74) is 3.45. The average molecular weight is 248 g/mol. The highest BCUT2D eigenvalue weighted by atomic mass is 15.1. The van der Waals surface area contributed by atoms with Crippen molar-refractivity contribution < 1.29 is 0 Å². The monoisotopic (exact) mass is 248 g/mol. The van der Waals surface area contributed by atoms with Gasteiger partial charge >= 0.3 is 0 Å². The summed E-state index contributed by atoms with van der Waals surface area (Å²) in [7, 11) is 0. The fraction of sp³-hybridized carbons (Fsp3) is 0.133. The molecule has 1 aromatic carbocycles. The molecule has 2 heterocycles. The van der Waals surface area contributed by atoms with Crippen LogP contribution in [0.4, 0.5) is 0 Å². The third-order valence-corrected chi connectivity index (χ3v) is 3.09. The van der Waals surface area contributed by atoms with Crippen LogP contribution in [0, 0.1) is 11.3 Å². The van der Waals surface area contributed by atoms with Gasteiger partial charge in [0.05, 0.1) is 17.4 Å². The zero-order valence-electron chi connectivity index (χ0n) is 10.3. The Morgan fingerprint density at radius 2 is 2.00 bits per heavy atom. The second-order valence-electron chi connectivity index (χ2n) is 4.35. The molecule has 0 aliphatic heterocycles. The van der Waals surface area contributed by atoms with Gasteiger partial charge in [-0.1, -0.05) is 30.3 Å². The fourth-order valence-corrected chi connectivity index (χ4v) is 2.08. The molecule has 0 aliphatic carbocycles. The van der Waals surface area contributed by atoms with Crippen molar-refractivity contribution in [1.29, 1.82) is 5.26 Å². The maximum atomic E-state index is 8.91. The standard InChI is InChI=1S/C15H12N4/c16-9-13-8-14-15(17-10-13)18-11-19(14)7-6-12-4-2-1-3-5-12/h1-5,8,10-11H,6-7H2. The number of hydrogen-bond acceptors (Lipinski definition) is 3. The summed E-state index contributed by atoms with van der Waals surface area (Å²) in [4.78, 5) is 8.42. The van der Waals surface area contributed by atoms with Gasteiger partial charge in [-0.05, 0) is 18.1 Å². The summed E-state index contributed by atoms with van der Waals surface area (Å²) < 4.78 is 2.04. The fourth-order valence-electron chi connectivity index (χ4n) is 2.08. The number of aromatic nitrogens is 3. The molecule has 0 unspecified atom stereocenters. The molecule has 0 aliphatic rings. The van der Waals surface area contributed by atoms with Gasteiger partial charge in [-0.25, -0.2) is 9.97 Å². The van der Waals surface area contributed by atoms with E-state index in [1.165, 1.54) is 5.56 Å². The molecule has 0 atom stereocenters. The normalized spacial score (nSPS) is 10.5. The number of aryl methyl sites for hydroxylation is 2. The SMILES string of the molecule is N#Cc1cnc2ncn(CCc3ccccc3)c2c1. The Labute approximate surface area is 111 Å². The Hall–Kier alpha value is -2.67. The lowest BCUT2D eigenvalue weighted by Crippen LogP contribution is -2.00. The van der Waals surface area contributed by atoms with Gasteiger partial charge in [0, 0.05) is 12.7 Å². The van der Waals surface area contributed by atoms with E-state index in [0.717, 1.165) is 18.5 Å². The van der Waals surface area contributed by atoms with E-state index < -0.39 is 0 Å². The van der Waals surface area contributed by atoms with E-state index in [0.29, 0.717) is 11.2 Å². The summed E-state index contributed by atoms with van der Waals surface area (Å²) in [6.45, 7) is 0.830. The minimum atomic E-state index is 0.564. The summed E-state index contributed by atoms with van der Waals surface area (Å²) >= 11 is 0. The largest absolute Gasteiger partial charge is 0.329 e. The third kappa shape index (κ3) is 2.31. The van der Waals surface area contributed by atoms with Crippen molar-refractivity contribution in [2.45, 2.75) is 13.0 Å². The first-order valence-corrected chi connectivity index (χ1v) is 6.12. The van der Waals surface area contributed by atoms with E-state index in [1.807, 2.05) is 28.8 Å². The molecule has 19 heavy (non-hydrogen) atoms. The maximum Gasteiger partial charge on any atom is 0.177 e. The first kappa shape index (κ1) is 11.4. The first-order chi connectivity index (χ1) is 9.36. The number of nitriles is 1. The number of fused-ring (bicyclic) bond motifs is 1. The Kier molecular flexibility index (Phi) is 2.95. The summed E-state index contributed by atoms with van der Waals surface area (Å²) in [6, 6.07) is 14.2. The van der Waals surface area contributed by atoms with Gasteiger partial charge in [0.15, 0.2) is 5.65 Å². The highest BCUT2D eigenvalue weighted by Gasteiger charge is 2.05. The van der Waals surface area contributed by atoms with Crippen LogP contribution in [0.25, 0.3) is 11.2 Å². The Balaban J connectivity index is 1.87. The van der Waals surface area contributed by atoms with Crippen LogP contribution in [0.5, 0.6) is 0 Å². The summed E-state index contributed by atoms with van der Waals surface area (Å²) in [5, 5.41) is 8.91. The molecular formula is C15H12N4. The van der Waals surface area contributed by atoms with Crippen molar-refractivity contribution in [2.75, 3.05) is 0 Å². The number of benzene rings is 1. The average Bonchev–Trinajstić information content (AvgIpc) is 2.88. The molecule has 0 saturated heterocycles. The van der Waals surface area contributed by atoms with Crippen LogP contribution < -0.4 is 0 Å². The number of nitrogens with zero attached hydrogens (tertiary/aromatic N) is 4. The van der Waals surface area contributed by atoms with Crippen molar-refractivity contribution in [3.8, 4) is 6.07 Å². The van der Waals surface area contributed by atoms with E-state index in [4.69, 9.17) is 5.26 Å². The van der Waals surface area contributed by atoms with Crippen LogP contribution in [0.1, 0.15) is 11.1 Å². The van der Waals surface area contributed by atoms with Crippen LogP contribution in [0.2, 0.25) is 0 Å². The van der Waals surface area contributed by atoms with Crippen LogP contribution in [-0.2, 0) is 13.0 Å². The topological polar surface area (TPSA) is 54.5 Å². The van der Waals surface area contributed by atoms with Gasteiger partial charge in [0.25, 0.3) is 0 Å². The molecule has 0 fully saturated rings. The van der Waals surface area contributed by atoms with Gasteiger partial charge in [-0.3, -0.25) is 0 Å². The smallest absolute Gasteiger partial charge is 0.177 e. The minimum absolute atomic E-state index is 0.564. The van der Waals surface area contributed by atoms with Crippen molar-refractivity contribution in [3.05, 3.63) is 60.0 Å². The lowest BCUT2D eigenvalue weighted by Gasteiger charge is -2.04. The van der Waals surface area contributed by atoms with Crippen LogP contribution in [0.3, 0.4) is 0 Å². The van der Waals surface area contributed by atoms with Gasteiger partial charge in [-0.2, -0.15) is 5.26 Å². The van der Waals surface area contributed by atoms with E-state index in [-0.39, 0.29) is 0 Å². The molecule has 4 heteroatoms. The summed E-state index contributed by atoms with van der Waals surface area (Å²) in [5.74, 6) is 0. The molecule has 3 rings (SSSR count). The summed E-state index contributed by atoms with van der Waals surface area (Å²) in [6.07, 6.45) is 4.27. The predicted octanol–water partition coefficient (Wildman–Crippen LogP) is 2.55. The third-order valence-electron chi connectivity index (χ3n) is 3.09. The lowest BCUT2D eigenvalue weighted by molar-refractivity contribution is 0.715. The quantitative estimate of drug-likeness (QED) is 0.715. The molecular weight excluding hydrogens is 236 g/mol. The van der Waals surface area contributed by atoms with Crippen LogP contribution in [-0.4, -0.2) is 14.5 Å². The van der Waals surface area contributed by atoms with Gasteiger partial charge < -0.3 is 4.57 Å². The zero-order valence-corrected chi connectivity index (χ0v) is 10.3. The van der Waals surface area contributed by atoms with Gasteiger partial charge in [0.1, 0.15) is 6.07 Å². The van der Waals surface area contributed by atoms with E-state index in [1.54, 1.807) is 12.5 Å². The predicted molar refractivity (Wildman–Crippen MR) is 72.4 cm³/mol. The highest BCUT2D eigenvalue weighted by molar-refractivity contribution is 5.72. The molecule has 92 valence electrons. The number of hydrogen-bond donors (Lipinski definition) is 0. The van der Waals surface area contributed by atoms with E-state index in [2.05, 4.69) is 28.2 Å². The van der Waals surface area contributed by atoms with Crippen molar-refractivity contribution >= 4 is 11.2 Å². The van der Waals surface area contributed by atoms with Crippen molar-refractivity contribution in [1.82, 2.24) is 14.5 Å². The van der Waals surface area contributed by atoms with Gasteiger partial charge in [-0.15, -0.1) is 0 Å². The molecule has 0 saturated carbocycles. The molecule has 0 amide bonds. The molecule has 0 radical (unpaired) electrons. The van der Waals surface area contributed by atoms with Crippen LogP contribution >= 0.6 is 0 Å². The van der Waals surface area contributed by atoms with Gasteiger partial charge in [0.2, 0.25) is 0 Å². The second kappa shape index (κ2) is 4.91. The molecule has 0 spiro atoms. The lowest BCUT2D eigenvalue weighted by atomic mass is 10.1. The number of pyridine rings is 1. The zero-order chi connectivity index (χ0) is 13.1. The number of imidazole rings is 1. The van der Waals surface area contributed by atoms with E-state index in [9.17, 15) is 0 Å². The molecule has 3 aromatic rings. The highest BCUT2D eigenvalue weighted by Crippen LogP contribution is 2.13. The van der Waals surface area contributed by atoms with E-state index >= 15 is 0 Å². The maximum absolute atomic E-state index is 8.91. The molecule has 0 bridgehead atoms. The minimum Gasteiger partial charge on any atom is -0.329 e. The Morgan fingerprint density at radius 3 is 2.79 bits per heavy atom. The Bertz CT molecular complexity index is 738. The molecule has 4 nitrogen and oxygen atoms in total. The molecule has 0 N–H and O–H groups in total.